The first-order valence-corrected chi connectivity index (χ1v) is 4.04. The molecular formula is C7H15NO5. The second-order valence-corrected chi connectivity index (χ2v) is 2.99. The maximum Gasteiger partial charge on any atom is 0.186 e. The first-order valence-electron chi connectivity index (χ1n) is 4.04. The van der Waals surface area contributed by atoms with Crippen molar-refractivity contribution in [3.05, 3.63) is 0 Å². The Morgan fingerprint density at radius 2 is 1.85 bits per heavy atom. The van der Waals surface area contributed by atoms with E-state index in [4.69, 9.17) is 15.2 Å². The Balaban J connectivity index is 2.66. The number of hydrogen-bond acceptors (Lipinski definition) is 6. The van der Waals surface area contributed by atoms with Gasteiger partial charge in [-0.25, -0.2) is 0 Å². The number of methoxy groups -OCH3 is 1. The Kier molecular flexibility index (Phi) is 3.60. The number of ether oxygens (including phenoxy) is 2. The van der Waals surface area contributed by atoms with E-state index in [-0.39, 0.29) is 6.54 Å². The van der Waals surface area contributed by atoms with Crippen molar-refractivity contribution in [2.75, 3.05) is 13.7 Å². The van der Waals surface area contributed by atoms with Gasteiger partial charge in [-0.15, -0.1) is 0 Å². The van der Waals surface area contributed by atoms with Crippen LogP contribution in [0.25, 0.3) is 0 Å². The maximum absolute atomic E-state index is 9.35. The average molecular weight is 193 g/mol. The summed E-state index contributed by atoms with van der Waals surface area (Å²) in [6.45, 7) is 0.0603. The largest absolute Gasteiger partial charge is 0.388 e. The van der Waals surface area contributed by atoms with Crippen molar-refractivity contribution >= 4 is 0 Å². The van der Waals surface area contributed by atoms with Gasteiger partial charge < -0.3 is 30.5 Å². The summed E-state index contributed by atoms with van der Waals surface area (Å²) in [5.74, 6) is 0. The van der Waals surface area contributed by atoms with Crippen molar-refractivity contribution in [2.24, 2.45) is 5.73 Å². The van der Waals surface area contributed by atoms with Crippen LogP contribution in [0.2, 0.25) is 0 Å². The van der Waals surface area contributed by atoms with Gasteiger partial charge in [0.15, 0.2) is 6.29 Å². The lowest BCUT2D eigenvalue weighted by molar-refractivity contribution is -0.287. The summed E-state index contributed by atoms with van der Waals surface area (Å²) in [4.78, 5) is 0. The number of aliphatic hydroxyl groups is 3. The Labute approximate surface area is 75.9 Å². The predicted molar refractivity (Wildman–Crippen MR) is 42.7 cm³/mol. The summed E-state index contributed by atoms with van der Waals surface area (Å²) in [6, 6.07) is 0. The van der Waals surface area contributed by atoms with Crippen molar-refractivity contribution in [3.8, 4) is 0 Å². The predicted octanol–water partition coefficient (Wildman–Crippen LogP) is -2.60. The summed E-state index contributed by atoms with van der Waals surface area (Å²) in [7, 11) is 1.34. The molecular weight excluding hydrogens is 178 g/mol. The van der Waals surface area contributed by atoms with Crippen LogP contribution >= 0.6 is 0 Å². The third kappa shape index (κ3) is 1.98. The van der Waals surface area contributed by atoms with E-state index in [2.05, 4.69) is 0 Å². The van der Waals surface area contributed by atoms with Gasteiger partial charge in [-0.05, 0) is 0 Å². The third-order valence-corrected chi connectivity index (χ3v) is 2.13. The molecule has 1 fully saturated rings. The van der Waals surface area contributed by atoms with Crippen molar-refractivity contribution in [3.63, 3.8) is 0 Å². The minimum absolute atomic E-state index is 0.0603. The van der Waals surface area contributed by atoms with Gasteiger partial charge in [-0.2, -0.15) is 0 Å². The molecule has 0 aromatic carbocycles. The highest BCUT2D eigenvalue weighted by atomic mass is 16.7. The summed E-state index contributed by atoms with van der Waals surface area (Å²) < 4.78 is 9.83. The molecule has 13 heavy (non-hydrogen) atoms. The molecule has 1 saturated heterocycles. The summed E-state index contributed by atoms with van der Waals surface area (Å²) in [6.07, 6.45) is -5.35. The zero-order valence-corrected chi connectivity index (χ0v) is 7.33. The molecule has 6 nitrogen and oxygen atoms in total. The van der Waals surface area contributed by atoms with E-state index in [1.807, 2.05) is 0 Å². The second kappa shape index (κ2) is 4.32. The van der Waals surface area contributed by atoms with E-state index in [1.54, 1.807) is 0 Å². The fourth-order valence-corrected chi connectivity index (χ4v) is 1.31. The van der Waals surface area contributed by atoms with Crippen LogP contribution in [0.15, 0.2) is 0 Å². The van der Waals surface area contributed by atoms with Crippen LogP contribution in [-0.2, 0) is 9.47 Å². The fraction of sp³-hybridized carbons (Fsp3) is 1.00. The van der Waals surface area contributed by atoms with Crippen LogP contribution < -0.4 is 5.73 Å². The molecule has 5 N–H and O–H groups in total. The van der Waals surface area contributed by atoms with Crippen molar-refractivity contribution < 1.29 is 24.8 Å². The van der Waals surface area contributed by atoms with Gasteiger partial charge in [-0.1, -0.05) is 0 Å². The van der Waals surface area contributed by atoms with E-state index < -0.39 is 30.7 Å². The quantitative estimate of drug-likeness (QED) is 0.383. The van der Waals surface area contributed by atoms with Gasteiger partial charge in [-0.3, -0.25) is 0 Å². The van der Waals surface area contributed by atoms with Crippen LogP contribution in [0.5, 0.6) is 0 Å². The topological polar surface area (TPSA) is 105 Å². The highest BCUT2D eigenvalue weighted by molar-refractivity contribution is 4.89. The van der Waals surface area contributed by atoms with Gasteiger partial charge in [0.2, 0.25) is 0 Å². The Hall–Kier alpha value is -0.240. The molecule has 0 bridgehead atoms. The molecule has 0 amide bonds. The molecule has 6 heteroatoms. The molecule has 0 saturated carbocycles. The van der Waals surface area contributed by atoms with Gasteiger partial charge >= 0.3 is 0 Å². The highest BCUT2D eigenvalue weighted by Gasteiger charge is 2.43. The molecule has 1 aliphatic rings. The minimum Gasteiger partial charge on any atom is -0.388 e. The minimum atomic E-state index is -1.28. The van der Waals surface area contributed by atoms with Crippen LogP contribution in [-0.4, -0.2) is 59.7 Å². The van der Waals surface area contributed by atoms with E-state index in [1.165, 1.54) is 7.11 Å². The number of rotatable bonds is 2. The molecule has 1 heterocycles. The summed E-state index contributed by atoms with van der Waals surface area (Å²) in [5, 5.41) is 28.0. The van der Waals surface area contributed by atoms with Crippen molar-refractivity contribution in [1.29, 1.82) is 0 Å². The Morgan fingerprint density at radius 1 is 1.23 bits per heavy atom. The first kappa shape index (κ1) is 10.8. The molecule has 1 aliphatic heterocycles. The Bertz CT molecular complexity index is 147. The molecule has 0 aliphatic carbocycles. The van der Waals surface area contributed by atoms with Gasteiger partial charge in [0, 0.05) is 13.7 Å². The lowest BCUT2D eigenvalue weighted by Crippen LogP contribution is -2.59. The molecule has 0 spiro atoms. The molecule has 5 atom stereocenters. The Morgan fingerprint density at radius 3 is 2.31 bits per heavy atom. The number of hydrogen-bond donors (Lipinski definition) is 4. The van der Waals surface area contributed by atoms with E-state index >= 15 is 0 Å². The monoisotopic (exact) mass is 193 g/mol. The van der Waals surface area contributed by atoms with Crippen LogP contribution in [0.1, 0.15) is 0 Å². The van der Waals surface area contributed by atoms with Crippen LogP contribution in [0, 0.1) is 0 Å². The number of nitrogens with two attached hydrogens (primary N) is 1. The molecule has 0 radical (unpaired) electrons. The van der Waals surface area contributed by atoms with Gasteiger partial charge in [0.05, 0.1) is 0 Å². The molecule has 0 unspecified atom stereocenters. The molecule has 0 aromatic rings. The van der Waals surface area contributed by atoms with Crippen molar-refractivity contribution in [1.82, 2.24) is 0 Å². The van der Waals surface area contributed by atoms with Crippen molar-refractivity contribution in [2.45, 2.75) is 30.7 Å². The average Bonchev–Trinajstić information content (AvgIpc) is 2.15. The maximum atomic E-state index is 9.35. The van der Waals surface area contributed by atoms with Gasteiger partial charge in [0.25, 0.3) is 0 Å². The van der Waals surface area contributed by atoms with Crippen LogP contribution in [0.3, 0.4) is 0 Å². The SMILES string of the molecule is CO[C@@H]1O[C@H](CN)[C@@H](O)[C@H](O)[C@H]1O. The standard InChI is InChI=1S/C7H15NO5/c1-12-7-6(11)5(10)4(9)3(2-8)13-7/h3-7,9-11H,2,8H2,1H3/t3-,4-,5+,6-,7-/m1/s1. The zero-order valence-electron chi connectivity index (χ0n) is 7.33. The molecule has 78 valence electrons. The first-order chi connectivity index (χ1) is 6.11. The molecule has 0 aromatic heterocycles. The third-order valence-electron chi connectivity index (χ3n) is 2.13. The van der Waals surface area contributed by atoms with Crippen LogP contribution in [0.4, 0.5) is 0 Å². The second-order valence-electron chi connectivity index (χ2n) is 2.99. The highest BCUT2D eigenvalue weighted by Crippen LogP contribution is 2.20. The van der Waals surface area contributed by atoms with E-state index in [0.717, 1.165) is 0 Å². The summed E-state index contributed by atoms with van der Waals surface area (Å²) >= 11 is 0. The molecule has 1 rings (SSSR count). The van der Waals surface area contributed by atoms with E-state index in [9.17, 15) is 15.3 Å². The fourth-order valence-electron chi connectivity index (χ4n) is 1.31. The normalized spacial score (nSPS) is 46.4. The smallest absolute Gasteiger partial charge is 0.186 e. The van der Waals surface area contributed by atoms with E-state index in [0.29, 0.717) is 0 Å². The summed E-state index contributed by atoms with van der Waals surface area (Å²) in [5.41, 5.74) is 5.28. The lowest BCUT2D eigenvalue weighted by atomic mass is 9.99. The van der Waals surface area contributed by atoms with Gasteiger partial charge in [0.1, 0.15) is 24.4 Å². The zero-order chi connectivity index (χ0) is 10.0. The number of aliphatic hydroxyl groups excluding tert-OH is 3. The lowest BCUT2D eigenvalue weighted by Gasteiger charge is -2.39.